The molecule has 1 atom stereocenters. The second kappa shape index (κ2) is 6.67. The summed E-state index contributed by atoms with van der Waals surface area (Å²) < 4.78 is 11.3. The fourth-order valence-electron chi connectivity index (χ4n) is 3.23. The van der Waals surface area contributed by atoms with E-state index >= 15 is 0 Å². The third kappa shape index (κ3) is 3.33. The summed E-state index contributed by atoms with van der Waals surface area (Å²) in [6.45, 7) is 9.30. The third-order valence-corrected chi connectivity index (χ3v) is 4.40. The summed E-state index contributed by atoms with van der Waals surface area (Å²) in [5.41, 5.74) is 1.30. The molecule has 116 valence electrons. The quantitative estimate of drug-likeness (QED) is 0.904. The van der Waals surface area contributed by atoms with Gasteiger partial charge in [-0.1, -0.05) is 26.0 Å². The van der Waals surface area contributed by atoms with Gasteiger partial charge in [0.05, 0.1) is 0 Å². The Hall–Kier alpha value is -1.26. The molecule has 1 fully saturated rings. The highest BCUT2D eigenvalue weighted by atomic mass is 16.7. The zero-order chi connectivity index (χ0) is 14.7. The molecular weight excluding hydrogens is 264 g/mol. The minimum atomic E-state index is 0.352. The van der Waals surface area contributed by atoms with Crippen molar-refractivity contribution in [3.05, 3.63) is 23.8 Å². The zero-order valence-electron chi connectivity index (χ0n) is 13.1. The van der Waals surface area contributed by atoms with Gasteiger partial charge in [0.2, 0.25) is 6.79 Å². The smallest absolute Gasteiger partial charge is 0.231 e. The van der Waals surface area contributed by atoms with Crippen LogP contribution in [-0.4, -0.2) is 37.9 Å². The van der Waals surface area contributed by atoms with E-state index in [0.29, 0.717) is 12.8 Å². The lowest BCUT2D eigenvalue weighted by Crippen LogP contribution is -2.45. The number of piperazine rings is 1. The molecule has 0 amide bonds. The van der Waals surface area contributed by atoms with Crippen LogP contribution in [0, 0.1) is 5.92 Å². The first kappa shape index (κ1) is 14.7. The van der Waals surface area contributed by atoms with E-state index in [0.717, 1.165) is 43.6 Å². The van der Waals surface area contributed by atoms with Gasteiger partial charge in [-0.05, 0) is 24.8 Å². The molecule has 3 rings (SSSR count). The van der Waals surface area contributed by atoms with Gasteiger partial charge in [-0.2, -0.15) is 0 Å². The van der Waals surface area contributed by atoms with E-state index in [9.17, 15) is 0 Å². The molecule has 2 heterocycles. The van der Waals surface area contributed by atoms with E-state index in [1.165, 1.54) is 18.4 Å². The number of ether oxygens (including phenoxy) is 2. The molecule has 0 aliphatic carbocycles. The van der Waals surface area contributed by atoms with E-state index in [1.807, 2.05) is 6.07 Å². The second-order valence-corrected chi connectivity index (χ2v) is 6.35. The highest BCUT2D eigenvalue weighted by molar-refractivity contribution is 5.49. The van der Waals surface area contributed by atoms with Crippen LogP contribution in [0.5, 0.6) is 11.5 Å². The molecule has 1 aromatic carbocycles. The first-order valence-electron chi connectivity index (χ1n) is 8.09. The summed E-state index contributed by atoms with van der Waals surface area (Å²) in [4.78, 5) is 2.59. The van der Waals surface area contributed by atoms with Crippen LogP contribution in [0.3, 0.4) is 0 Å². The van der Waals surface area contributed by atoms with E-state index < -0.39 is 0 Å². The van der Waals surface area contributed by atoms with Gasteiger partial charge in [0, 0.05) is 37.8 Å². The van der Waals surface area contributed by atoms with Crippen LogP contribution in [0.4, 0.5) is 0 Å². The van der Waals surface area contributed by atoms with E-state index in [-0.39, 0.29) is 0 Å². The van der Waals surface area contributed by atoms with Crippen LogP contribution in [0.25, 0.3) is 0 Å². The second-order valence-electron chi connectivity index (χ2n) is 6.35. The Morgan fingerprint density at radius 2 is 1.95 bits per heavy atom. The van der Waals surface area contributed by atoms with Gasteiger partial charge in [0.25, 0.3) is 0 Å². The van der Waals surface area contributed by atoms with Crippen LogP contribution >= 0.6 is 0 Å². The number of nitrogens with one attached hydrogen (secondary N) is 1. The first-order valence-corrected chi connectivity index (χ1v) is 8.09. The molecule has 0 saturated carbocycles. The number of para-hydroxylation sites is 1. The minimum absolute atomic E-state index is 0.352. The van der Waals surface area contributed by atoms with Crippen LogP contribution in [-0.2, 0) is 0 Å². The van der Waals surface area contributed by atoms with Gasteiger partial charge >= 0.3 is 0 Å². The molecule has 1 saturated heterocycles. The fraction of sp³-hybridized carbons (Fsp3) is 0.647. The van der Waals surface area contributed by atoms with Crippen LogP contribution in [0.15, 0.2) is 18.2 Å². The predicted octanol–water partition coefficient (Wildman–Crippen LogP) is 2.80. The van der Waals surface area contributed by atoms with E-state index in [4.69, 9.17) is 9.47 Å². The Morgan fingerprint density at radius 3 is 2.71 bits per heavy atom. The van der Waals surface area contributed by atoms with Crippen molar-refractivity contribution in [2.75, 3.05) is 33.0 Å². The maximum Gasteiger partial charge on any atom is 0.231 e. The number of nitrogens with zero attached hydrogens (tertiary/aromatic N) is 1. The third-order valence-electron chi connectivity index (χ3n) is 4.40. The molecule has 1 N–H and O–H groups in total. The van der Waals surface area contributed by atoms with Crippen LogP contribution in [0.1, 0.15) is 38.3 Å². The highest BCUT2D eigenvalue weighted by Gasteiger charge is 2.28. The lowest BCUT2D eigenvalue weighted by atomic mass is 9.95. The largest absolute Gasteiger partial charge is 0.454 e. The van der Waals surface area contributed by atoms with Crippen molar-refractivity contribution in [2.24, 2.45) is 5.92 Å². The average Bonchev–Trinajstić information content (AvgIpc) is 2.97. The number of hydrogen-bond acceptors (Lipinski definition) is 4. The number of rotatable bonds is 5. The van der Waals surface area contributed by atoms with Crippen molar-refractivity contribution in [1.29, 1.82) is 0 Å². The Labute approximate surface area is 127 Å². The summed E-state index contributed by atoms with van der Waals surface area (Å²) in [6, 6.07) is 6.74. The van der Waals surface area contributed by atoms with Crippen molar-refractivity contribution >= 4 is 0 Å². The van der Waals surface area contributed by atoms with Gasteiger partial charge in [-0.15, -0.1) is 0 Å². The van der Waals surface area contributed by atoms with Crippen molar-refractivity contribution in [3.8, 4) is 11.5 Å². The zero-order valence-corrected chi connectivity index (χ0v) is 13.1. The number of fused-ring (bicyclic) bond motifs is 1. The van der Waals surface area contributed by atoms with Crippen molar-refractivity contribution in [1.82, 2.24) is 10.2 Å². The minimum Gasteiger partial charge on any atom is -0.454 e. The van der Waals surface area contributed by atoms with E-state index in [2.05, 4.69) is 36.2 Å². The summed E-state index contributed by atoms with van der Waals surface area (Å²) >= 11 is 0. The monoisotopic (exact) mass is 290 g/mol. The van der Waals surface area contributed by atoms with Gasteiger partial charge in [0.1, 0.15) is 0 Å². The molecule has 0 radical (unpaired) electrons. The van der Waals surface area contributed by atoms with E-state index in [1.54, 1.807) is 0 Å². The topological polar surface area (TPSA) is 33.7 Å². The summed E-state index contributed by atoms with van der Waals surface area (Å²) in [5, 5.41) is 3.44. The lowest BCUT2D eigenvalue weighted by molar-refractivity contribution is 0.150. The summed E-state index contributed by atoms with van der Waals surface area (Å²) in [7, 11) is 0. The molecule has 0 aromatic heterocycles. The van der Waals surface area contributed by atoms with Crippen LogP contribution < -0.4 is 14.8 Å². The Morgan fingerprint density at radius 1 is 1.14 bits per heavy atom. The molecule has 4 heteroatoms. The Kier molecular flexibility index (Phi) is 4.66. The maximum absolute atomic E-state index is 5.74. The standard InChI is InChI=1S/C17H26N2O2/c1-13(2)6-7-15(19-10-8-18-9-11-19)14-4-3-5-16-17(14)21-12-20-16/h3-5,13,15,18H,6-12H2,1-2H3/t15-/m1/s1. The molecule has 4 nitrogen and oxygen atoms in total. The molecular formula is C17H26N2O2. The molecule has 1 aromatic rings. The van der Waals surface area contributed by atoms with Crippen molar-refractivity contribution < 1.29 is 9.47 Å². The van der Waals surface area contributed by atoms with Gasteiger partial charge in [-0.25, -0.2) is 0 Å². The summed E-state index contributed by atoms with van der Waals surface area (Å²) in [6.07, 6.45) is 2.41. The SMILES string of the molecule is CC(C)CC[C@H](c1cccc2c1OCO2)N1CCNCC1. The van der Waals surface area contributed by atoms with Gasteiger partial charge < -0.3 is 14.8 Å². The lowest BCUT2D eigenvalue weighted by Gasteiger charge is -2.36. The normalized spacial score (nSPS) is 20.0. The Bertz CT molecular complexity index is 470. The molecule has 21 heavy (non-hydrogen) atoms. The van der Waals surface area contributed by atoms with Crippen molar-refractivity contribution in [2.45, 2.75) is 32.7 Å². The van der Waals surface area contributed by atoms with Gasteiger partial charge in [0.15, 0.2) is 11.5 Å². The highest BCUT2D eigenvalue weighted by Crippen LogP contribution is 2.42. The number of hydrogen-bond donors (Lipinski definition) is 1. The van der Waals surface area contributed by atoms with Crippen LogP contribution in [0.2, 0.25) is 0 Å². The fourth-order valence-corrected chi connectivity index (χ4v) is 3.23. The maximum atomic E-state index is 5.74. The molecule has 2 aliphatic heterocycles. The molecule has 0 spiro atoms. The molecule has 0 unspecified atom stereocenters. The molecule has 0 bridgehead atoms. The summed E-state index contributed by atoms with van der Waals surface area (Å²) in [5.74, 6) is 2.59. The molecule has 2 aliphatic rings. The average molecular weight is 290 g/mol. The van der Waals surface area contributed by atoms with Crippen molar-refractivity contribution in [3.63, 3.8) is 0 Å². The first-order chi connectivity index (χ1) is 10.3. The predicted molar refractivity (Wildman–Crippen MR) is 83.8 cm³/mol. The Balaban J connectivity index is 1.85. The van der Waals surface area contributed by atoms with Gasteiger partial charge in [-0.3, -0.25) is 4.90 Å². The number of benzene rings is 1.